The quantitative estimate of drug-likeness (QED) is 0.134. The number of aromatic nitrogens is 4. The van der Waals surface area contributed by atoms with Crippen LogP contribution in [0.25, 0.3) is 11.2 Å². The Bertz CT molecular complexity index is 1430. The number of fused-ring (bicyclic) bond motifs is 1. The maximum absolute atomic E-state index is 12.1. The van der Waals surface area contributed by atoms with Gasteiger partial charge in [-0.2, -0.15) is 15.4 Å². The first-order chi connectivity index (χ1) is 19.8. The molecule has 0 saturated carbocycles. The van der Waals surface area contributed by atoms with E-state index in [9.17, 15) is 19.9 Å². The van der Waals surface area contributed by atoms with Crippen molar-refractivity contribution in [2.45, 2.75) is 63.9 Å². The third-order valence-electron chi connectivity index (χ3n) is 6.31. The molecule has 3 heterocycles. The van der Waals surface area contributed by atoms with Crippen molar-refractivity contribution in [1.29, 1.82) is 0 Å². The number of hydrogen-bond acceptors (Lipinski definition) is 14. The van der Waals surface area contributed by atoms with Gasteiger partial charge in [0.05, 0.1) is 12.4 Å². The predicted molar refractivity (Wildman–Crippen MR) is 150 cm³/mol. The smallest absolute Gasteiger partial charge is 0.412 e. The first-order valence-electron chi connectivity index (χ1n) is 13.1. The molecule has 3 aromatic rings. The molecule has 1 aromatic carbocycles. The van der Waals surface area contributed by atoms with Gasteiger partial charge in [0.1, 0.15) is 36.2 Å². The van der Waals surface area contributed by atoms with Gasteiger partial charge in [0, 0.05) is 18.9 Å². The molecule has 42 heavy (non-hydrogen) atoms. The molecule has 1 unspecified atom stereocenters. The van der Waals surface area contributed by atoms with E-state index < -0.39 is 44.2 Å². The summed E-state index contributed by atoms with van der Waals surface area (Å²) in [4.78, 5) is 42.2. The lowest BCUT2D eigenvalue weighted by atomic mass is 9.96. The number of nitrogens with two attached hydrogens (primary N) is 1. The van der Waals surface area contributed by atoms with E-state index in [1.807, 2.05) is 0 Å². The van der Waals surface area contributed by atoms with E-state index >= 15 is 0 Å². The van der Waals surface area contributed by atoms with Crippen LogP contribution < -0.4 is 30.2 Å². The van der Waals surface area contributed by atoms with Crippen molar-refractivity contribution < 1.29 is 38.6 Å². The molecule has 0 radical (unpaired) electrons. The van der Waals surface area contributed by atoms with Gasteiger partial charge < -0.3 is 40.0 Å². The standard InChI is InChI=1S/C25H35N8O8P/c1-13(2)39-22(35)14(3)30-31-42(37)41-16-9-7-15(8-10-16)38-11-17-19(34)25(4,36)23(40-17)33-12-27-18-20(32(5)6)28-24(26)29-21(18)33/h7-10,12-14,17,19,23,30,34,36H,11H2,1-6H3,(H2,26,28,29)/t14-,17+,19+,23+,25+/m0/s1. The average molecular weight is 607 g/mol. The van der Waals surface area contributed by atoms with E-state index in [1.165, 1.54) is 36.9 Å². The number of nitrogens with one attached hydrogen (secondary N) is 1. The van der Waals surface area contributed by atoms with Crippen molar-refractivity contribution in [3.05, 3.63) is 30.6 Å². The van der Waals surface area contributed by atoms with Crippen LogP contribution in [0.3, 0.4) is 0 Å². The Balaban J connectivity index is 1.37. The van der Waals surface area contributed by atoms with Crippen LogP contribution in [0.15, 0.2) is 35.4 Å². The molecule has 1 saturated heterocycles. The number of rotatable bonds is 11. The van der Waals surface area contributed by atoms with Gasteiger partial charge in [-0.15, -0.1) is 0 Å². The summed E-state index contributed by atoms with van der Waals surface area (Å²) < 4.78 is 23.6. The number of hydrogen-bond donors (Lipinski definition) is 4. The minimum Gasteiger partial charge on any atom is -0.574 e. The molecule has 2 aromatic heterocycles. The highest BCUT2D eigenvalue weighted by Crippen LogP contribution is 2.40. The molecule has 1 aliphatic rings. The molecule has 17 heteroatoms. The number of carbonyl (C=O) groups is 1. The number of aliphatic hydroxyl groups excluding tert-OH is 1. The summed E-state index contributed by atoms with van der Waals surface area (Å²) in [5.41, 5.74) is 7.43. The average Bonchev–Trinajstić information content (AvgIpc) is 3.43. The lowest BCUT2D eigenvalue weighted by Gasteiger charge is -2.27. The van der Waals surface area contributed by atoms with E-state index in [-0.39, 0.29) is 24.4 Å². The number of nitrogens with zero attached hydrogens (tertiary/aromatic N) is 6. The second-order valence-corrected chi connectivity index (χ2v) is 11.2. The van der Waals surface area contributed by atoms with E-state index in [0.717, 1.165) is 0 Å². The molecule has 0 amide bonds. The Kier molecular flexibility index (Phi) is 9.45. The van der Waals surface area contributed by atoms with E-state index in [1.54, 1.807) is 45.0 Å². The molecular weight excluding hydrogens is 571 g/mol. The van der Waals surface area contributed by atoms with Gasteiger partial charge in [-0.05, 0) is 52.0 Å². The number of carbonyl (C=O) groups excluding carboxylic acids is 1. The molecule has 1 fully saturated rings. The van der Waals surface area contributed by atoms with Crippen molar-refractivity contribution in [1.82, 2.24) is 24.9 Å². The van der Waals surface area contributed by atoms with Crippen LogP contribution in [0.1, 0.15) is 33.9 Å². The van der Waals surface area contributed by atoms with Crippen molar-refractivity contribution in [2.24, 2.45) is 4.85 Å². The van der Waals surface area contributed by atoms with Crippen LogP contribution in [-0.4, -0.2) is 86.4 Å². The van der Waals surface area contributed by atoms with Crippen molar-refractivity contribution in [3.8, 4) is 11.5 Å². The summed E-state index contributed by atoms with van der Waals surface area (Å²) in [5, 5.41) is 22.1. The normalized spacial score (nSPS) is 23.3. The van der Waals surface area contributed by atoms with Crippen molar-refractivity contribution >= 4 is 37.1 Å². The zero-order chi connectivity index (χ0) is 30.8. The zero-order valence-corrected chi connectivity index (χ0v) is 24.9. The van der Waals surface area contributed by atoms with E-state index in [0.29, 0.717) is 22.7 Å². The summed E-state index contributed by atoms with van der Waals surface area (Å²) in [5.74, 6) is 0.641. The maximum Gasteiger partial charge on any atom is 0.412 e. The van der Waals surface area contributed by atoms with Crippen LogP contribution in [0, 0.1) is 0 Å². The van der Waals surface area contributed by atoms with Gasteiger partial charge >= 0.3 is 14.1 Å². The Hall–Kier alpha value is -3.66. The van der Waals surface area contributed by atoms with Crippen molar-refractivity contribution in [3.63, 3.8) is 0 Å². The van der Waals surface area contributed by atoms with Crippen LogP contribution in [-0.2, 0) is 14.3 Å². The Labute approximate surface area is 243 Å². The minimum atomic E-state index is -2.51. The fourth-order valence-corrected chi connectivity index (χ4v) is 4.80. The van der Waals surface area contributed by atoms with Gasteiger partial charge in [0.15, 0.2) is 29.0 Å². The highest BCUT2D eigenvalue weighted by atomic mass is 31.1. The summed E-state index contributed by atoms with van der Waals surface area (Å²) in [6, 6.07) is 5.37. The molecule has 0 aliphatic carbocycles. The fraction of sp³-hybridized carbons (Fsp3) is 0.520. The molecule has 0 spiro atoms. The first-order valence-corrected chi connectivity index (χ1v) is 14.2. The number of nitrogen functional groups attached to an aromatic ring is 1. The second kappa shape index (κ2) is 12.7. The summed E-state index contributed by atoms with van der Waals surface area (Å²) >= 11 is 0. The number of imidazole rings is 1. The fourth-order valence-electron chi connectivity index (χ4n) is 4.19. The molecule has 0 bridgehead atoms. The summed E-state index contributed by atoms with van der Waals surface area (Å²) in [6.07, 6.45) is -2.10. The lowest BCUT2D eigenvalue weighted by molar-refractivity contribution is -0.169. The number of ether oxygens (including phenoxy) is 3. The topological polar surface area (TPSA) is 215 Å². The Morgan fingerprint density at radius 1 is 1.29 bits per heavy atom. The number of benzene rings is 1. The van der Waals surface area contributed by atoms with E-state index in [2.05, 4.69) is 25.2 Å². The lowest BCUT2D eigenvalue weighted by Crippen LogP contribution is -2.44. The van der Waals surface area contributed by atoms with Crippen LogP contribution in [0.4, 0.5) is 11.8 Å². The van der Waals surface area contributed by atoms with E-state index in [4.69, 9.17) is 24.5 Å². The largest absolute Gasteiger partial charge is 0.574 e. The predicted octanol–water partition coefficient (Wildman–Crippen LogP) is 0.642. The van der Waals surface area contributed by atoms with Crippen LogP contribution in [0.5, 0.6) is 11.5 Å². The number of esters is 1. The maximum atomic E-state index is 12.1. The third kappa shape index (κ3) is 6.86. The highest BCUT2D eigenvalue weighted by molar-refractivity contribution is 7.33. The summed E-state index contributed by atoms with van der Waals surface area (Å²) in [6.45, 7) is 6.32. The van der Waals surface area contributed by atoms with Crippen molar-refractivity contribution in [2.75, 3.05) is 31.3 Å². The van der Waals surface area contributed by atoms with Gasteiger partial charge in [0.25, 0.3) is 0 Å². The molecule has 228 valence electrons. The summed E-state index contributed by atoms with van der Waals surface area (Å²) in [7, 11) is 1.07. The van der Waals surface area contributed by atoms with Gasteiger partial charge in [-0.25, -0.2) is 4.98 Å². The van der Waals surface area contributed by atoms with Crippen LogP contribution >= 0.6 is 8.17 Å². The Morgan fingerprint density at radius 3 is 2.60 bits per heavy atom. The van der Waals surface area contributed by atoms with Crippen LogP contribution in [0.2, 0.25) is 0 Å². The molecular formula is C25H35N8O8P. The zero-order valence-electron chi connectivity index (χ0n) is 24.0. The number of aliphatic hydroxyl groups is 2. The monoisotopic (exact) mass is 606 g/mol. The first kappa shape index (κ1) is 31.3. The minimum absolute atomic E-state index is 0.0221. The van der Waals surface area contributed by atoms with Gasteiger partial charge in [-0.1, -0.05) is 0 Å². The Morgan fingerprint density at radius 2 is 1.95 bits per heavy atom. The molecule has 6 atom stereocenters. The molecule has 5 N–H and O–H groups in total. The SMILES string of the molecule is CC(C)OC(=O)[C@H](C)N/N=[P+](\[O-])Oc1ccc(OC[C@H]2O[C@@H](n3cnc4c(N(C)C)nc(N)nc43)[C@](C)(O)[C@@H]2O)cc1. The third-order valence-corrected chi connectivity index (χ3v) is 6.96. The molecule has 4 rings (SSSR count). The highest BCUT2D eigenvalue weighted by Gasteiger charge is 2.53. The van der Waals surface area contributed by atoms with Gasteiger partial charge in [0.2, 0.25) is 5.95 Å². The van der Waals surface area contributed by atoms with Gasteiger partial charge in [-0.3, -0.25) is 13.9 Å². The second-order valence-electron chi connectivity index (χ2n) is 10.4. The number of anilines is 2. The molecule has 1 aliphatic heterocycles. The molecule has 16 nitrogen and oxygen atoms in total.